The topological polar surface area (TPSA) is 92.7 Å². The molecule has 1 fully saturated rings. The van der Waals surface area contributed by atoms with Crippen LogP contribution in [0.15, 0.2) is 42.2 Å². The van der Waals surface area contributed by atoms with Crippen LogP contribution in [0.5, 0.6) is 0 Å². The van der Waals surface area contributed by atoms with E-state index in [1.54, 1.807) is 24.0 Å². The molecule has 0 saturated heterocycles. The highest BCUT2D eigenvalue weighted by Crippen LogP contribution is 2.23. The summed E-state index contributed by atoms with van der Waals surface area (Å²) in [4.78, 5) is 29.5. The Labute approximate surface area is 161 Å². The molecular formula is C19H20N6OS. The Bertz CT molecular complexity index is 929. The van der Waals surface area contributed by atoms with Gasteiger partial charge in [0.2, 0.25) is 5.95 Å². The van der Waals surface area contributed by atoms with Crippen molar-refractivity contribution in [3.05, 3.63) is 52.9 Å². The molecule has 2 N–H and O–H groups in total. The Hall–Kier alpha value is -2.87. The van der Waals surface area contributed by atoms with Crippen molar-refractivity contribution in [2.75, 3.05) is 5.32 Å². The van der Waals surface area contributed by atoms with Crippen LogP contribution in [-0.2, 0) is 0 Å². The predicted molar refractivity (Wildman–Crippen MR) is 105 cm³/mol. The lowest BCUT2D eigenvalue weighted by atomic mass is 10.2. The number of amides is 1. The number of carbonyl (C=O) groups is 1. The van der Waals surface area contributed by atoms with E-state index < -0.39 is 0 Å². The maximum atomic E-state index is 12.3. The first-order valence-corrected chi connectivity index (χ1v) is 9.78. The van der Waals surface area contributed by atoms with Gasteiger partial charge in [-0.1, -0.05) is 0 Å². The molecule has 7 nitrogen and oxygen atoms in total. The lowest BCUT2D eigenvalue weighted by Gasteiger charge is -2.14. The van der Waals surface area contributed by atoms with Gasteiger partial charge in [0.05, 0.1) is 10.7 Å². The van der Waals surface area contributed by atoms with Crippen molar-refractivity contribution >= 4 is 23.2 Å². The molecule has 0 unspecified atom stereocenters. The Morgan fingerprint density at radius 1 is 1.11 bits per heavy atom. The van der Waals surface area contributed by atoms with Crippen molar-refractivity contribution in [3.63, 3.8) is 0 Å². The van der Waals surface area contributed by atoms with Gasteiger partial charge in [0.25, 0.3) is 5.91 Å². The van der Waals surface area contributed by atoms with E-state index in [0.29, 0.717) is 11.6 Å². The zero-order valence-electron chi connectivity index (χ0n) is 14.9. The monoisotopic (exact) mass is 380 g/mol. The van der Waals surface area contributed by atoms with Gasteiger partial charge in [-0.15, -0.1) is 11.3 Å². The molecule has 0 radical (unpaired) electrons. The lowest BCUT2D eigenvalue weighted by molar-refractivity contribution is 0.0933. The third-order valence-corrected chi connectivity index (χ3v) is 5.36. The Morgan fingerprint density at radius 2 is 1.93 bits per heavy atom. The summed E-state index contributed by atoms with van der Waals surface area (Å²) in [5.41, 5.74) is 2.37. The lowest BCUT2D eigenvalue weighted by Crippen LogP contribution is -2.34. The molecule has 2 atom stereocenters. The van der Waals surface area contributed by atoms with Crippen molar-refractivity contribution in [3.8, 4) is 11.3 Å². The highest BCUT2D eigenvalue weighted by molar-refractivity contribution is 7.09. The maximum Gasteiger partial charge on any atom is 0.270 e. The molecule has 0 aliphatic heterocycles. The van der Waals surface area contributed by atoms with Gasteiger partial charge in [0.15, 0.2) is 0 Å². The van der Waals surface area contributed by atoms with Crippen LogP contribution in [0.4, 0.5) is 5.95 Å². The minimum Gasteiger partial charge on any atom is -0.351 e. The highest BCUT2D eigenvalue weighted by atomic mass is 32.1. The van der Waals surface area contributed by atoms with Crippen LogP contribution >= 0.6 is 11.3 Å². The zero-order valence-corrected chi connectivity index (χ0v) is 15.7. The number of aryl methyl sites for hydroxylation is 1. The number of nitrogens with zero attached hydrogens (tertiary/aromatic N) is 4. The number of hydrogen-bond donors (Lipinski definition) is 2. The van der Waals surface area contributed by atoms with Crippen LogP contribution in [0, 0.1) is 6.92 Å². The highest BCUT2D eigenvalue weighted by Gasteiger charge is 2.27. The third kappa shape index (κ3) is 4.28. The molecule has 3 aromatic heterocycles. The summed E-state index contributed by atoms with van der Waals surface area (Å²) in [5.74, 6) is 0.511. The normalized spacial score (nSPS) is 19.0. The molecule has 138 valence electrons. The molecule has 0 spiro atoms. The molecule has 4 rings (SSSR count). The van der Waals surface area contributed by atoms with Crippen molar-refractivity contribution < 1.29 is 4.79 Å². The van der Waals surface area contributed by atoms with Crippen molar-refractivity contribution in [1.82, 2.24) is 25.3 Å². The zero-order chi connectivity index (χ0) is 18.6. The molecule has 0 aromatic carbocycles. The quantitative estimate of drug-likeness (QED) is 0.707. The average Bonchev–Trinajstić information content (AvgIpc) is 3.32. The smallest absolute Gasteiger partial charge is 0.270 e. The second kappa shape index (κ2) is 7.79. The fourth-order valence-electron chi connectivity index (χ4n) is 3.27. The molecule has 3 aromatic rings. The van der Waals surface area contributed by atoms with Crippen LogP contribution in [0.3, 0.4) is 0 Å². The van der Waals surface area contributed by atoms with E-state index in [2.05, 4.69) is 30.6 Å². The summed E-state index contributed by atoms with van der Waals surface area (Å²) in [6.07, 6.45) is 7.99. The number of hydrogen-bond acceptors (Lipinski definition) is 7. The van der Waals surface area contributed by atoms with Crippen LogP contribution in [-0.4, -0.2) is 37.9 Å². The first-order valence-electron chi connectivity index (χ1n) is 8.90. The van der Waals surface area contributed by atoms with E-state index in [0.717, 1.165) is 35.5 Å². The second-order valence-electron chi connectivity index (χ2n) is 6.58. The minimum absolute atomic E-state index is 0.0964. The molecule has 0 bridgehead atoms. The van der Waals surface area contributed by atoms with Gasteiger partial charge < -0.3 is 10.6 Å². The van der Waals surface area contributed by atoms with E-state index in [-0.39, 0.29) is 18.0 Å². The number of thiazole rings is 1. The first-order chi connectivity index (χ1) is 13.2. The standard InChI is InChI=1S/C19H20N6OS/c1-12-22-17(11-27-12)18(26)23-14-2-3-15(10-14)24-19-21-9-6-16(25-19)13-4-7-20-8-5-13/h4-9,11,14-15H,2-3,10H2,1H3,(H,23,26)(H,21,24,25)/t14-,15-/m0/s1. The van der Waals surface area contributed by atoms with E-state index >= 15 is 0 Å². The van der Waals surface area contributed by atoms with Gasteiger partial charge in [0, 0.05) is 41.6 Å². The first kappa shape index (κ1) is 17.5. The van der Waals surface area contributed by atoms with Crippen LogP contribution in [0.2, 0.25) is 0 Å². The molecule has 1 aliphatic carbocycles. The predicted octanol–water partition coefficient (Wildman–Crippen LogP) is 3.07. The van der Waals surface area contributed by atoms with Crippen LogP contribution < -0.4 is 10.6 Å². The van der Waals surface area contributed by atoms with Gasteiger partial charge in [-0.05, 0) is 44.4 Å². The molecular weight excluding hydrogens is 360 g/mol. The summed E-state index contributed by atoms with van der Waals surface area (Å²) in [5, 5.41) is 9.17. The Balaban J connectivity index is 1.35. The SMILES string of the molecule is Cc1nc(C(=O)N[C@H]2CC[C@H](Nc3nccc(-c4ccncc4)n3)C2)cs1. The number of nitrogens with one attached hydrogen (secondary N) is 2. The molecule has 3 heterocycles. The summed E-state index contributed by atoms with van der Waals surface area (Å²) in [6.45, 7) is 1.90. The summed E-state index contributed by atoms with van der Waals surface area (Å²) < 4.78 is 0. The largest absolute Gasteiger partial charge is 0.351 e. The number of aromatic nitrogens is 4. The number of anilines is 1. The van der Waals surface area contributed by atoms with Crippen molar-refractivity contribution in [2.24, 2.45) is 0 Å². The molecule has 1 aliphatic rings. The summed E-state index contributed by atoms with van der Waals surface area (Å²) in [6, 6.07) is 6.11. The van der Waals surface area contributed by atoms with E-state index in [4.69, 9.17) is 0 Å². The minimum atomic E-state index is -0.0964. The number of carbonyl (C=O) groups excluding carboxylic acids is 1. The van der Waals surface area contributed by atoms with Gasteiger partial charge in [-0.3, -0.25) is 9.78 Å². The summed E-state index contributed by atoms with van der Waals surface area (Å²) in [7, 11) is 0. The van der Waals surface area contributed by atoms with Gasteiger partial charge in [0.1, 0.15) is 5.69 Å². The van der Waals surface area contributed by atoms with Gasteiger partial charge >= 0.3 is 0 Å². The maximum absolute atomic E-state index is 12.3. The third-order valence-electron chi connectivity index (χ3n) is 4.58. The fourth-order valence-corrected chi connectivity index (χ4v) is 3.86. The van der Waals surface area contributed by atoms with Crippen LogP contribution in [0.1, 0.15) is 34.8 Å². The van der Waals surface area contributed by atoms with Crippen molar-refractivity contribution in [2.45, 2.75) is 38.3 Å². The Morgan fingerprint density at radius 3 is 2.70 bits per heavy atom. The Kier molecular flexibility index (Phi) is 5.06. The summed E-state index contributed by atoms with van der Waals surface area (Å²) >= 11 is 1.49. The van der Waals surface area contributed by atoms with E-state index in [9.17, 15) is 4.79 Å². The van der Waals surface area contributed by atoms with Crippen LogP contribution in [0.25, 0.3) is 11.3 Å². The van der Waals surface area contributed by atoms with Gasteiger partial charge in [-0.2, -0.15) is 0 Å². The molecule has 27 heavy (non-hydrogen) atoms. The number of pyridine rings is 1. The van der Waals surface area contributed by atoms with Gasteiger partial charge in [-0.25, -0.2) is 15.0 Å². The molecule has 8 heteroatoms. The van der Waals surface area contributed by atoms with Crippen molar-refractivity contribution in [1.29, 1.82) is 0 Å². The van der Waals surface area contributed by atoms with E-state index in [1.807, 2.05) is 25.1 Å². The number of rotatable bonds is 5. The molecule has 1 amide bonds. The second-order valence-corrected chi connectivity index (χ2v) is 7.64. The molecule has 1 saturated carbocycles. The average molecular weight is 380 g/mol. The fraction of sp³-hybridized carbons (Fsp3) is 0.316. The van der Waals surface area contributed by atoms with E-state index in [1.165, 1.54) is 11.3 Å².